The Morgan fingerprint density at radius 1 is 1.39 bits per heavy atom. The van der Waals surface area contributed by atoms with Gasteiger partial charge in [0.05, 0.1) is 0 Å². The molecule has 0 saturated heterocycles. The van der Waals surface area contributed by atoms with Crippen molar-refractivity contribution >= 4 is 5.91 Å². The van der Waals surface area contributed by atoms with Crippen LogP contribution in [0, 0.1) is 12.8 Å². The van der Waals surface area contributed by atoms with Gasteiger partial charge in [-0.25, -0.2) is 0 Å². The van der Waals surface area contributed by atoms with Crippen LogP contribution in [0.25, 0.3) is 0 Å². The summed E-state index contributed by atoms with van der Waals surface area (Å²) < 4.78 is 0. The van der Waals surface area contributed by atoms with Crippen LogP contribution in [0.4, 0.5) is 0 Å². The lowest BCUT2D eigenvalue weighted by Crippen LogP contribution is -2.39. The molecular weight excluding hydrogens is 230 g/mol. The lowest BCUT2D eigenvalue weighted by Gasteiger charge is -2.21. The van der Waals surface area contributed by atoms with Crippen LogP contribution in [0.15, 0.2) is 18.2 Å². The number of rotatable bonds is 5. The van der Waals surface area contributed by atoms with Crippen molar-refractivity contribution < 1.29 is 15.0 Å². The van der Waals surface area contributed by atoms with Crippen molar-refractivity contribution in [2.24, 2.45) is 5.92 Å². The number of carbonyl (C=O) groups is 1. The number of phenols is 1. The molecule has 1 atom stereocenters. The molecule has 0 bridgehead atoms. The summed E-state index contributed by atoms with van der Waals surface area (Å²) in [5.74, 6) is 0.142. The number of aryl methyl sites for hydroxylation is 1. The smallest absolute Gasteiger partial charge is 0.251 e. The fraction of sp³-hybridized carbons (Fsp3) is 0.500. The molecule has 1 amide bonds. The van der Waals surface area contributed by atoms with Crippen molar-refractivity contribution in [3.8, 4) is 5.75 Å². The zero-order valence-electron chi connectivity index (χ0n) is 11.1. The molecule has 0 aromatic heterocycles. The third kappa shape index (κ3) is 3.74. The van der Waals surface area contributed by atoms with Gasteiger partial charge in [-0.2, -0.15) is 0 Å². The molecule has 3 N–H and O–H groups in total. The quantitative estimate of drug-likeness (QED) is 0.748. The van der Waals surface area contributed by atoms with E-state index in [0.29, 0.717) is 12.0 Å². The van der Waals surface area contributed by atoms with Gasteiger partial charge in [0.1, 0.15) is 5.75 Å². The number of nitrogens with one attached hydrogen (secondary N) is 1. The van der Waals surface area contributed by atoms with Gasteiger partial charge >= 0.3 is 0 Å². The Hall–Kier alpha value is -1.55. The summed E-state index contributed by atoms with van der Waals surface area (Å²) in [5, 5.41) is 21.4. The number of aromatic hydroxyl groups is 1. The van der Waals surface area contributed by atoms with Gasteiger partial charge in [-0.15, -0.1) is 0 Å². The van der Waals surface area contributed by atoms with E-state index in [1.165, 1.54) is 6.07 Å². The highest BCUT2D eigenvalue weighted by Crippen LogP contribution is 2.17. The molecule has 0 aliphatic rings. The first-order valence-corrected chi connectivity index (χ1v) is 6.17. The Morgan fingerprint density at radius 3 is 2.56 bits per heavy atom. The lowest BCUT2D eigenvalue weighted by molar-refractivity contribution is 0.0916. The molecule has 1 rings (SSSR count). The molecule has 0 spiro atoms. The highest BCUT2D eigenvalue weighted by Gasteiger charge is 2.17. The minimum absolute atomic E-state index is 0.0439. The zero-order chi connectivity index (χ0) is 13.7. The van der Waals surface area contributed by atoms with Crippen LogP contribution in [0.3, 0.4) is 0 Å². The highest BCUT2D eigenvalue weighted by molar-refractivity contribution is 5.94. The van der Waals surface area contributed by atoms with Gasteiger partial charge < -0.3 is 15.5 Å². The number of phenolic OH excluding ortho intramolecular Hbond substituents is 1. The van der Waals surface area contributed by atoms with E-state index in [-0.39, 0.29) is 30.2 Å². The third-order valence-corrected chi connectivity index (χ3v) is 3.03. The van der Waals surface area contributed by atoms with Crippen LogP contribution < -0.4 is 5.32 Å². The van der Waals surface area contributed by atoms with E-state index in [0.717, 1.165) is 5.56 Å². The molecule has 0 aliphatic carbocycles. The Balaban J connectivity index is 2.77. The van der Waals surface area contributed by atoms with Gasteiger partial charge in [-0.05, 0) is 37.0 Å². The Bertz CT molecular complexity index is 416. The van der Waals surface area contributed by atoms with Crippen LogP contribution in [0.1, 0.15) is 36.2 Å². The second-order valence-electron chi connectivity index (χ2n) is 4.84. The summed E-state index contributed by atoms with van der Waals surface area (Å²) in [6.45, 7) is 5.81. The average molecular weight is 251 g/mol. The van der Waals surface area contributed by atoms with Crippen molar-refractivity contribution in [2.75, 3.05) is 6.61 Å². The average Bonchev–Trinajstić information content (AvgIpc) is 2.31. The van der Waals surface area contributed by atoms with Crippen molar-refractivity contribution in [3.63, 3.8) is 0 Å². The fourth-order valence-electron chi connectivity index (χ4n) is 1.71. The Morgan fingerprint density at radius 2 is 2.06 bits per heavy atom. The van der Waals surface area contributed by atoms with E-state index in [9.17, 15) is 9.90 Å². The predicted molar refractivity (Wildman–Crippen MR) is 70.6 cm³/mol. The summed E-state index contributed by atoms with van der Waals surface area (Å²) in [5.41, 5.74) is 1.17. The molecule has 4 heteroatoms. The Labute approximate surface area is 108 Å². The summed E-state index contributed by atoms with van der Waals surface area (Å²) in [4.78, 5) is 12.0. The van der Waals surface area contributed by atoms with Gasteiger partial charge in [0.15, 0.2) is 0 Å². The number of aliphatic hydroxyl groups is 1. The minimum atomic E-state index is -0.225. The van der Waals surface area contributed by atoms with Gasteiger partial charge in [0.25, 0.3) is 5.91 Å². The van der Waals surface area contributed by atoms with Crippen molar-refractivity contribution in [1.82, 2.24) is 5.32 Å². The topological polar surface area (TPSA) is 69.6 Å². The normalized spacial score (nSPS) is 12.5. The monoisotopic (exact) mass is 251 g/mol. The fourth-order valence-corrected chi connectivity index (χ4v) is 1.71. The molecule has 0 fully saturated rings. The molecule has 1 aromatic rings. The van der Waals surface area contributed by atoms with Gasteiger partial charge in [-0.3, -0.25) is 4.79 Å². The van der Waals surface area contributed by atoms with Crippen LogP contribution >= 0.6 is 0 Å². The van der Waals surface area contributed by atoms with Crippen LogP contribution in [-0.2, 0) is 0 Å². The van der Waals surface area contributed by atoms with Crippen LogP contribution in [0.2, 0.25) is 0 Å². The molecule has 1 aromatic carbocycles. The minimum Gasteiger partial charge on any atom is -0.508 e. The predicted octanol–water partition coefficient (Wildman–Crippen LogP) is 1.84. The maximum absolute atomic E-state index is 12.0. The molecule has 100 valence electrons. The van der Waals surface area contributed by atoms with Gasteiger partial charge in [0, 0.05) is 18.2 Å². The van der Waals surface area contributed by atoms with E-state index < -0.39 is 0 Å². The molecular formula is C14H21NO3. The Kier molecular flexibility index (Phi) is 5.16. The third-order valence-electron chi connectivity index (χ3n) is 3.03. The molecule has 1 unspecified atom stereocenters. The molecule has 0 saturated carbocycles. The van der Waals surface area contributed by atoms with Gasteiger partial charge in [0.2, 0.25) is 0 Å². The van der Waals surface area contributed by atoms with Crippen LogP contribution in [0.5, 0.6) is 5.75 Å². The first kappa shape index (κ1) is 14.5. The number of hydrogen-bond acceptors (Lipinski definition) is 3. The molecule has 0 radical (unpaired) electrons. The zero-order valence-corrected chi connectivity index (χ0v) is 11.1. The van der Waals surface area contributed by atoms with Crippen molar-refractivity contribution in [2.45, 2.75) is 33.2 Å². The maximum atomic E-state index is 12.0. The van der Waals surface area contributed by atoms with E-state index in [4.69, 9.17) is 5.11 Å². The largest absolute Gasteiger partial charge is 0.508 e. The highest BCUT2D eigenvalue weighted by atomic mass is 16.3. The number of carbonyl (C=O) groups excluding carboxylic acids is 1. The number of aliphatic hydroxyl groups excluding tert-OH is 1. The van der Waals surface area contributed by atoms with E-state index in [1.807, 2.05) is 13.8 Å². The van der Waals surface area contributed by atoms with Crippen molar-refractivity contribution in [3.05, 3.63) is 29.3 Å². The van der Waals surface area contributed by atoms with E-state index in [1.54, 1.807) is 19.1 Å². The molecule has 0 heterocycles. The summed E-state index contributed by atoms with van der Waals surface area (Å²) in [7, 11) is 0. The summed E-state index contributed by atoms with van der Waals surface area (Å²) >= 11 is 0. The first-order valence-electron chi connectivity index (χ1n) is 6.17. The second kappa shape index (κ2) is 6.40. The second-order valence-corrected chi connectivity index (χ2v) is 4.84. The first-order chi connectivity index (χ1) is 8.45. The lowest BCUT2D eigenvalue weighted by atomic mass is 10.0. The number of benzene rings is 1. The number of amides is 1. The summed E-state index contributed by atoms with van der Waals surface area (Å²) in [6.07, 6.45) is 0.529. The molecule has 0 aliphatic heterocycles. The SMILES string of the molecule is Cc1ccc(C(=O)NC(CCO)C(C)C)cc1O. The van der Waals surface area contributed by atoms with Gasteiger partial charge in [-0.1, -0.05) is 19.9 Å². The molecule has 18 heavy (non-hydrogen) atoms. The number of hydrogen-bond donors (Lipinski definition) is 3. The standard InChI is InChI=1S/C14H21NO3/c1-9(2)12(6-7-16)15-14(18)11-5-4-10(3)13(17)8-11/h4-5,8-9,12,16-17H,6-7H2,1-3H3,(H,15,18). The molecule has 4 nitrogen and oxygen atoms in total. The summed E-state index contributed by atoms with van der Waals surface area (Å²) in [6, 6.07) is 4.79. The van der Waals surface area contributed by atoms with Crippen LogP contribution in [-0.4, -0.2) is 28.8 Å². The van der Waals surface area contributed by atoms with E-state index >= 15 is 0 Å². The van der Waals surface area contributed by atoms with E-state index in [2.05, 4.69) is 5.32 Å². The van der Waals surface area contributed by atoms with Crippen molar-refractivity contribution in [1.29, 1.82) is 0 Å². The maximum Gasteiger partial charge on any atom is 0.251 e.